The van der Waals surface area contributed by atoms with Crippen molar-refractivity contribution in [3.05, 3.63) is 18.3 Å². The number of anilines is 1. The molecule has 3 rings (SSSR count). The Labute approximate surface area is 145 Å². The molecule has 130 valence electrons. The predicted octanol–water partition coefficient (Wildman–Crippen LogP) is 1.75. The summed E-state index contributed by atoms with van der Waals surface area (Å²) in [5.74, 6) is 1.49. The number of carbonyl (C=O) groups is 2. The minimum atomic E-state index is -0.0530. The van der Waals surface area contributed by atoms with Gasteiger partial charge in [-0.25, -0.2) is 9.78 Å². The SMILES string of the molecule is COc1ccc(NC(=O)CCCC[C@@H]2SC[C@@H]3NC(=O)N[C@@H]32)cn1. The van der Waals surface area contributed by atoms with E-state index in [4.69, 9.17) is 4.74 Å². The number of urea groups is 1. The number of pyridine rings is 1. The fourth-order valence-electron chi connectivity index (χ4n) is 3.07. The molecule has 0 radical (unpaired) electrons. The second-order valence-electron chi connectivity index (χ2n) is 6.01. The lowest BCUT2D eigenvalue weighted by molar-refractivity contribution is -0.116. The molecule has 2 saturated heterocycles. The van der Waals surface area contributed by atoms with Crippen LogP contribution in [0.15, 0.2) is 18.3 Å². The molecule has 2 fully saturated rings. The summed E-state index contributed by atoms with van der Waals surface area (Å²) in [4.78, 5) is 27.3. The number of amides is 3. The van der Waals surface area contributed by atoms with Crippen LogP contribution in [0.1, 0.15) is 25.7 Å². The maximum Gasteiger partial charge on any atom is 0.315 e. The maximum atomic E-state index is 11.9. The summed E-state index contributed by atoms with van der Waals surface area (Å²) in [5, 5.41) is 9.21. The van der Waals surface area contributed by atoms with Gasteiger partial charge in [0.25, 0.3) is 0 Å². The molecule has 7 nitrogen and oxygen atoms in total. The highest BCUT2D eigenvalue weighted by Gasteiger charge is 2.42. The second-order valence-corrected chi connectivity index (χ2v) is 7.28. The number of methoxy groups -OCH3 is 1. The van der Waals surface area contributed by atoms with Gasteiger partial charge in [0, 0.05) is 23.5 Å². The first-order chi connectivity index (χ1) is 11.7. The van der Waals surface area contributed by atoms with Gasteiger partial charge in [-0.1, -0.05) is 6.42 Å². The van der Waals surface area contributed by atoms with E-state index in [1.54, 1.807) is 25.4 Å². The standard InChI is InChI=1S/C16H22N4O3S/c1-23-14-7-6-10(8-17-14)18-13(21)5-3-2-4-12-15-11(9-24-12)19-16(22)20-15/h6-8,11-12,15H,2-5,9H2,1H3,(H,18,21)(H2,19,20,22)/t11-,12-,15-/m0/s1. The predicted molar refractivity (Wildman–Crippen MR) is 93.4 cm³/mol. The average molecular weight is 350 g/mol. The van der Waals surface area contributed by atoms with E-state index in [2.05, 4.69) is 20.9 Å². The van der Waals surface area contributed by atoms with E-state index in [9.17, 15) is 9.59 Å². The molecule has 0 aromatic carbocycles. The maximum absolute atomic E-state index is 11.9. The number of nitrogens with one attached hydrogen (secondary N) is 3. The second kappa shape index (κ2) is 7.74. The van der Waals surface area contributed by atoms with Crippen LogP contribution in [0.25, 0.3) is 0 Å². The normalized spacial score (nSPS) is 24.9. The fraction of sp³-hybridized carbons (Fsp3) is 0.562. The zero-order chi connectivity index (χ0) is 16.9. The van der Waals surface area contributed by atoms with Gasteiger partial charge in [-0.3, -0.25) is 4.79 Å². The molecule has 0 unspecified atom stereocenters. The number of carbonyl (C=O) groups excluding carboxylic acids is 2. The van der Waals surface area contributed by atoms with Gasteiger partial charge < -0.3 is 20.7 Å². The van der Waals surface area contributed by atoms with Gasteiger partial charge in [0.2, 0.25) is 11.8 Å². The summed E-state index contributed by atoms with van der Waals surface area (Å²) in [7, 11) is 1.55. The van der Waals surface area contributed by atoms with Crippen LogP contribution in [0.3, 0.4) is 0 Å². The van der Waals surface area contributed by atoms with Gasteiger partial charge >= 0.3 is 6.03 Å². The molecule has 2 aliphatic heterocycles. The van der Waals surface area contributed by atoms with Gasteiger partial charge in [-0.05, 0) is 18.9 Å². The van der Waals surface area contributed by atoms with Crippen molar-refractivity contribution in [3.63, 3.8) is 0 Å². The Hall–Kier alpha value is -1.96. The zero-order valence-corrected chi connectivity index (χ0v) is 14.4. The Morgan fingerprint density at radius 1 is 1.42 bits per heavy atom. The van der Waals surface area contributed by atoms with E-state index in [-0.39, 0.29) is 24.0 Å². The third kappa shape index (κ3) is 4.11. The molecule has 24 heavy (non-hydrogen) atoms. The molecular formula is C16H22N4O3S. The first-order valence-electron chi connectivity index (χ1n) is 8.14. The number of rotatable bonds is 7. The molecule has 8 heteroatoms. The van der Waals surface area contributed by atoms with E-state index >= 15 is 0 Å². The van der Waals surface area contributed by atoms with Crippen LogP contribution >= 0.6 is 11.8 Å². The quantitative estimate of drug-likeness (QED) is 0.515. The minimum Gasteiger partial charge on any atom is -0.481 e. The van der Waals surface area contributed by atoms with Crippen molar-refractivity contribution in [3.8, 4) is 5.88 Å². The number of nitrogens with zero attached hydrogens (tertiary/aromatic N) is 1. The highest BCUT2D eigenvalue weighted by molar-refractivity contribution is 8.00. The lowest BCUT2D eigenvalue weighted by Crippen LogP contribution is -2.36. The first-order valence-corrected chi connectivity index (χ1v) is 9.19. The number of aromatic nitrogens is 1. The number of hydrogen-bond donors (Lipinski definition) is 3. The molecule has 3 atom stereocenters. The van der Waals surface area contributed by atoms with Crippen molar-refractivity contribution in [1.82, 2.24) is 15.6 Å². The topological polar surface area (TPSA) is 92.4 Å². The van der Waals surface area contributed by atoms with Crippen LogP contribution in [-0.4, -0.2) is 47.1 Å². The summed E-state index contributed by atoms with van der Waals surface area (Å²) in [5.41, 5.74) is 0.676. The Balaban J connectivity index is 1.34. The largest absolute Gasteiger partial charge is 0.481 e. The Kier molecular flexibility index (Phi) is 5.44. The number of unbranched alkanes of at least 4 members (excludes halogenated alkanes) is 1. The molecule has 0 aliphatic carbocycles. The Morgan fingerprint density at radius 2 is 2.29 bits per heavy atom. The van der Waals surface area contributed by atoms with Crippen LogP contribution in [0.2, 0.25) is 0 Å². The van der Waals surface area contributed by atoms with Gasteiger partial charge in [0.15, 0.2) is 0 Å². The van der Waals surface area contributed by atoms with Crippen LogP contribution in [0, 0.1) is 0 Å². The van der Waals surface area contributed by atoms with Crippen molar-refractivity contribution in [1.29, 1.82) is 0 Å². The van der Waals surface area contributed by atoms with Crippen LogP contribution in [0.5, 0.6) is 5.88 Å². The Morgan fingerprint density at radius 3 is 3.04 bits per heavy atom. The molecule has 1 aromatic rings. The van der Waals surface area contributed by atoms with Crippen molar-refractivity contribution in [2.24, 2.45) is 0 Å². The van der Waals surface area contributed by atoms with E-state index < -0.39 is 0 Å². The van der Waals surface area contributed by atoms with Crippen molar-refractivity contribution < 1.29 is 14.3 Å². The summed E-state index contributed by atoms with van der Waals surface area (Å²) in [6.07, 6.45) is 4.91. The van der Waals surface area contributed by atoms with Crippen molar-refractivity contribution in [2.75, 3.05) is 18.2 Å². The monoisotopic (exact) mass is 350 g/mol. The number of thioether (sulfide) groups is 1. The van der Waals surface area contributed by atoms with E-state index in [0.29, 0.717) is 23.2 Å². The Bertz CT molecular complexity index is 595. The number of ether oxygens (including phenoxy) is 1. The van der Waals surface area contributed by atoms with E-state index in [1.807, 2.05) is 11.8 Å². The number of fused-ring (bicyclic) bond motifs is 1. The first kappa shape index (κ1) is 16.9. The van der Waals surface area contributed by atoms with Crippen molar-refractivity contribution >= 4 is 29.4 Å². The summed E-state index contributed by atoms with van der Waals surface area (Å²) in [6, 6.07) is 3.94. The lowest BCUT2D eigenvalue weighted by atomic mass is 10.0. The van der Waals surface area contributed by atoms with Gasteiger partial charge in [0.05, 0.1) is 31.1 Å². The van der Waals surface area contributed by atoms with E-state index in [0.717, 1.165) is 25.0 Å². The molecular weight excluding hydrogens is 328 g/mol. The van der Waals surface area contributed by atoms with Gasteiger partial charge in [-0.2, -0.15) is 11.8 Å². The highest BCUT2D eigenvalue weighted by Crippen LogP contribution is 2.33. The summed E-state index contributed by atoms with van der Waals surface area (Å²) in [6.45, 7) is 0. The zero-order valence-electron chi connectivity index (χ0n) is 13.6. The van der Waals surface area contributed by atoms with Crippen LogP contribution in [0.4, 0.5) is 10.5 Å². The van der Waals surface area contributed by atoms with Gasteiger partial charge in [0.1, 0.15) is 0 Å². The van der Waals surface area contributed by atoms with Gasteiger partial charge in [-0.15, -0.1) is 0 Å². The molecule has 3 amide bonds. The van der Waals surface area contributed by atoms with E-state index in [1.165, 1.54) is 0 Å². The fourth-order valence-corrected chi connectivity index (χ4v) is 4.62. The minimum absolute atomic E-state index is 0.00486. The third-order valence-corrected chi connectivity index (χ3v) is 5.82. The van der Waals surface area contributed by atoms with Crippen LogP contribution in [-0.2, 0) is 4.79 Å². The molecule has 3 heterocycles. The molecule has 1 aromatic heterocycles. The molecule has 0 spiro atoms. The molecule has 0 saturated carbocycles. The summed E-state index contributed by atoms with van der Waals surface area (Å²) >= 11 is 1.90. The molecule has 2 aliphatic rings. The lowest BCUT2D eigenvalue weighted by Gasteiger charge is -2.16. The third-order valence-electron chi connectivity index (χ3n) is 4.31. The molecule has 0 bridgehead atoms. The van der Waals surface area contributed by atoms with Crippen molar-refractivity contribution in [2.45, 2.75) is 43.0 Å². The highest BCUT2D eigenvalue weighted by atomic mass is 32.2. The molecule has 3 N–H and O–H groups in total. The summed E-state index contributed by atoms with van der Waals surface area (Å²) < 4.78 is 4.98. The average Bonchev–Trinajstić information content (AvgIpc) is 3.12. The number of hydrogen-bond acceptors (Lipinski definition) is 5. The smallest absolute Gasteiger partial charge is 0.315 e. The van der Waals surface area contributed by atoms with Crippen LogP contribution < -0.4 is 20.7 Å².